The van der Waals surface area contributed by atoms with Crippen molar-refractivity contribution < 1.29 is 4.79 Å². The zero-order valence-corrected chi connectivity index (χ0v) is 11.3. The number of ketones is 1. The van der Waals surface area contributed by atoms with Crippen molar-refractivity contribution in [2.24, 2.45) is 11.8 Å². The molecule has 2 heteroatoms. The van der Waals surface area contributed by atoms with Crippen LogP contribution < -0.4 is 0 Å². The maximum Gasteiger partial charge on any atom is 0.166 e. The first-order chi connectivity index (χ1) is 8.00. The average Bonchev–Trinajstić information content (AvgIpc) is 2.28. The fourth-order valence-corrected chi connectivity index (χ4v) is 2.14. The van der Waals surface area contributed by atoms with Crippen LogP contribution in [0.15, 0.2) is 30.3 Å². The molecule has 94 valence electrons. The van der Waals surface area contributed by atoms with Gasteiger partial charge in [0.2, 0.25) is 0 Å². The summed E-state index contributed by atoms with van der Waals surface area (Å²) in [5, 5.41) is 0. The van der Waals surface area contributed by atoms with Gasteiger partial charge in [-0.15, -0.1) is 0 Å². The highest BCUT2D eigenvalue weighted by atomic mass is 16.1. The molecule has 17 heavy (non-hydrogen) atoms. The second-order valence-corrected chi connectivity index (χ2v) is 5.25. The summed E-state index contributed by atoms with van der Waals surface area (Å²) >= 11 is 0. The maximum absolute atomic E-state index is 12.1. The average molecular weight is 233 g/mol. The number of hydrogen-bond donors (Lipinski definition) is 0. The molecule has 0 saturated heterocycles. The molecular weight excluding hydrogens is 210 g/mol. The molecular formula is C15H23NO. The van der Waals surface area contributed by atoms with Crippen molar-refractivity contribution in [3.8, 4) is 0 Å². The lowest BCUT2D eigenvalue weighted by Gasteiger charge is -2.22. The van der Waals surface area contributed by atoms with Crippen LogP contribution in [-0.4, -0.2) is 30.8 Å². The smallest absolute Gasteiger partial charge is 0.166 e. The zero-order chi connectivity index (χ0) is 12.8. The number of Topliss-reactive ketones (excluding diaryl/α,β-unsaturated/α-hetero) is 1. The summed E-state index contributed by atoms with van der Waals surface area (Å²) < 4.78 is 0. The van der Waals surface area contributed by atoms with Gasteiger partial charge in [0.25, 0.3) is 0 Å². The van der Waals surface area contributed by atoms with Gasteiger partial charge in [0.15, 0.2) is 5.78 Å². The van der Waals surface area contributed by atoms with Gasteiger partial charge in [-0.05, 0) is 13.0 Å². The van der Waals surface area contributed by atoms with Crippen LogP contribution in [0.5, 0.6) is 0 Å². The highest BCUT2D eigenvalue weighted by Crippen LogP contribution is 2.10. The molecule has 0 aliphatic heterocycles. The first kappa shape index (κ1) is 13.9. The molecule has 0 N–H and O–H groups in total. The lowest BCUT2D eigenvalue weighted by Crippen LogP contribution is -2.31. The molecule has 1 aromatic rings. The molecule has 0 amide bonds. The van der Waals surface area contributed by atoms with E-state index in [9.17, 15) is 4.79 Å². The van der Waals surface area contributed by atoms with E-state index in [-0.39, 0.29) is 11.7 Å². The molecule has 0 aliphatic carbocycles. The Kier molecular flexibility index (Phi) is 5.36. The van der Waals surface area contributed by atoms with Crippen LogP contribution in [-0.2, 0) is 0 Å². The third-order valence-electron chi connectivity index (χ3n) is 2.77. The van der Waals surface area contributed by atoms with Crippen LogP contribution >= 0.6 is 0 Å². The lowest BCUT2D eigenvalue weighted by atomic mass is 9.99. The number of carbonyl (C=O) groups excluding carboxylic acids is 1. The van der Waals surface area contributed by atoms with Crippen LogP contribution in [0.3, 0.4) is 0 Å². The summed E-state index contributed by atoms with van der Waals surface area (Å²) in [6.07, 6.45) is 0. The summed E-state index contributed by atoms with van der Waals surface area (Å²) in [7, 11) is 2.08. The second-order valence-electron chi connectivity index (χ2n) is 5.25. The second kappa shape index (κ2) is 6.55. The monoisotopic (exact) mass is 233 g/mol. The number of nitrogens with zero attached hydrogens (tertiary/aromatic N) is 1. The number of rotatable bonds is 6. The summed E-state index contributed by atoms with van der Waals surface area (Å²) in [5.74, 6) is 0.932. The molecule has 1 unspecified atom stereocenters. The summed E-state index contributed by atoms with van der Waals surface area (Å²) in [6, 6.07) is 9.55. The van der Waals surface area contributed by atoms with Crippen molar-refractivity contribution in [3.05, 3.63) is 35.9 Å². The quantitative estimate of drug-likeness (QED) is 0.704. The van der Waals surface area contributed by atoms with Gasteiger partial charge in [-0.2, -0.15) is 0 Å². The Bertz CT molecular complexity index is 345. The van der Waals surface area contributed by atoms with E-state index in [0.29, 0.717) is 5.92 Å². The van der Waals surface area contributed by atoms with Crippen LogP contribution in [0.4, 0.5) is 0 Å². The Morgan fingerprint density at radius 2 is 1.71 bits per heavy atom. The first-order valence-electron chi connectivity index (χ1n) is 6.28. The summed E-state index contributed by atoms with van der Waals surface area (Å²) in [6.45, 7) is 8.25. The van der Waals surface area contributed by atoms with Gasteiger partial charge < -0.3 is 4.90 Å². The largest absolute Gasteiger partial charge is 0.305 e. The first-order valence-corrected chi connectivity index (χ1v) is 6.28. The standard InChI is InChI=1S/C15H23NO/c1-12(2)10-16(4)11-13(3)15(17)14-8-6-5-7-9-14/h5-9,12-13H,10-11H2,1-4H3. The molecule has 0 aliphatic rings. The van der Waals surface area contributed by atoms with Crippen molar-refractivity contribution in [2.45, 2.75) is 20.8 Å². The molecule has 0 heterocycles. The van der Waals surface area contributed by atoms with Crippen LogP contribution in [0.25, 0.3) is 0 Å². The molecule has 1 aromatic carbocycles. The predicted octanol–water partition coefficient (Wildman–Crippen LogP) is 3.09. The minimum absolute atomic E-state index is 0.0566. The molecule has 1 atom stereocenters. The van der Waals surface area contributed by atoms with Crippen molar-refractivity contribution in [1.82, 2.24) is 4.90 Å². The molecule has 0 saturated carbocycles. The molecule has 2 nitrogen and oxygen atoms in total. The van der Waals surface area contributed by atoms with E-state index in [2.05, 4.69) is 25.8 Å². The molecule has 0 radical (unpaired) electrons. The zero-order valence-electron chi connectivity index (χ0n) is 11.3. The van der Waals surface area contributed by atoms with Crippen molar-refractivity contribution in [1.29, 1.82) is 0 Å². The van der Waals surface area contributed by atoms with Crippen molar-refractivity contribution in [2.75, 3.05) is 20.1 Å². The van der Waals surface area contributed by atoms with E-state index < -0.39 is 0 Å². The van der Waals surface area contributed by atoms with E-state index in [1.54, 1.807) is 0 Å². The van der Waals surface area contributed by atoms with Gasteiger partial charge in [-0.1, -0.05) is 51.1 Å². The van der Waals surface area contributed by atoms with E-state index in [0.717, 1.165) is 18.7 Å². The third-order valence-corrected chi connectivity index (χ3v) is 2.77. The van der Waals surface area contributed by atoms with Gasteiger partial charge in [-0.3, -0.25) is 4.79 Å². The topological polar surface area (TPSA) is 20.3 Å². The van der Waals surface area contributed by atoms with E-state index in [1.807, 2.05) is 37.3 Å². The van der Waals surface area contributed by atoms with E-state index >= 15 is 0 Å². The highest BCUT2D eigenvalue weighted by molar-refractivity contribution is 5.97. The lowest BCUT2D eigenvalue weighted by molar-refractivity contribution is 0.0899. The molecule has 0 spiro atoms. The Morgan fingerprint density at radius 3 is 2.24 bits per heavy atom. The SMILES string of the molecule is CC(C)CN(C)CC(C)C(=O)c1ccccc1. The predicted molar refractivity (Wildman–Crippen MR) is 72.3 cm³/mol. The summed E-state index contributed by atoms with van der Waals surface area (Å²) in [4.78, 5) is 14.4. The molecule has 0 fully saturated rings. The Labute approximate surface area is 105 Å². The van der Waals surface area contributed by atoms with E-state index in [1.165, 1.54) is 0 Å². The van der Waals surface area contributed by atoms with Gasteiger partial charge in [0, 0.05) is 24.6 Å². The van der Waals surface area contributed by atoms with Gasteiger partial charge in [-0.25, -0.2) is 0 Å². The van der Waals surface area contributed by atoms with Gasteiger partial charge in [0.1, 0.15) is 0 Å². The number of carbonyl (C=O) groups is 1. The van der Waals surface area contributed by atoms with Gasteiger partial charge >= 0.3 is 0 Å². The third kappa shape index (κ3) is 4.70. The van der Waals surface area contributed by atoms with Crippen LogP contribution in [0.1, 0.15) is 31.1 Å². The Morgan fingerprint density at radius 1 is 1.12 bits per heavy atom. The molecule has 1 rings (SSSR count). The van der Waals surface area contributed by atoms with E-state index in [4.69, 9.17) is 0 Å². The minimum atomic E-state index is 0.0566. The van der Waals surface area contributed by atoms with Crippen molar-refractivity contribution in [3.63, 3.8) is 0 Å². The highest BCUT2D eigenvalue weighted by Gasteiger charge is 2.16. The number of benzene rings is 1. The van der Waals surface area contributed by atoms with Gasteiger partial charge in [0.05, 0.1) is 0 Å². The summed E-state index contributed by atoms with van der Waals surface area (Å²) in [5.41, 5.74) is 0.818. The molecule has 0 aromatic heterocycles. The Balaban J connectivity index is 2.53. The molecule has 0 bridgehead atoms. The fourth-order valence-electron chi connectivity index (χ4n) is 2.14. The Hall–Kier alpha value is -1.15. The van der Waals surface area contributed by atoms with Crippen molar-refractivity contribution >= 4 is 5.78 Å². The van der Waals surface area contributed by atoms with Crippen LogP contribution in [0.2, 0.25) is 0 Å². The van der Waals surface area contributed by atoms with Crippen LogP contribution in [0, 0.1) is 11.8 Å². The normalized spacial score (nSPS) is 13.1. The maximum atomic E-state index is 12.1. The fraction of sp³-hybridized carbons (Fsp3) is 0.533. The number of hydrogen-bond acceptors (Lipinski definition) is 2. The minimum Gasteiger partial charge on any atom is -0.305 e.